The summed E-state index contributed by atoms with van der Waals surface area (Å²) in [5, 5.41) is 3.51. The molecule has 1 aromatic rings. The average Bonchev–Trinajstić information content (AvgIpc) is 2.91. The van der Waals surface area contributed by atoms with Gasteiger partial charge in [0.05, 0.1) is 7.85 Å². The molecule has 1 N–H and O–H groups in total. The molecule has 0 aliphatic carbocycles. The summed E-state index contributed by atoms with van der Waals surface area (Å²) in [6.45, 7) is 13.2. The van der Waals surface area contributed by atoms with Gasteiger partial charge in [-0.1, -0.05) is 25.4 Å². The van der Waals surface area contributed by atoms with Crippen molar-refractivity contribution in [3.63, 3.8) is 0 Å². The topological polar surface area (TPSA) is 15.3 Å². The smallest absolute Gasteiger partial charge is 0.0657 e. The SMILES string of the molecule is [B]CCc1ccc(CC2CN(CC3(C)CCNC3)C2)c(C)c1C. The molecule has 2 aliphatic rings. The van der Waals surface area contributed by atoms with E-state index in [0.29, 0.717) is 5.41 Å². The largest absolute Gasteiger partial charge is 0.316 e. The Hall–Kier alpha value is -0.795. The Morgan fingerprint density at radius 2 is 1.91 bits per heavy atom. The Bertz CT molecular complexity index is 543. The molecule has 2 heterocycles. The van der Waals surface area contributed by atoms with Gasteiger partial charge in [0.25, 0.3) is 0 Å². The lowest BCUT2D eigenvalue weighted by molar-refractivity contribution is 0.0588. The molecule has 23 heavy (non-hydrogen) atoms. The second-order valence-electron chi connectivity index (χ2n) is 8.17. The Morgan fingerprint density at radius 1 is 1.22 bits per heavy atom. The van der Waals surface area contributed by atoms with Gasteiger partial charge in [-0.25, -0.2) is 0 Å². The summed E-state index contributed by atoms with van der Waals surface area (Å²) in [4.78, 5) is 2.66. The molecule has 2 nitrogen and oxygen atoms in total. The fourth-order valence-corrected chi connectivity index (χ4v) is 4.37. The second-order valence-corrected chi connectivity index (χ2v) is 8.17. The van der Waals surface area contributed by atoms with Gasteiger partial charge < -0.3 is 10.2 Å². The Labute approximate surface area is 143 Å². The van der Waals surface area contributed by atoms with E-state index in [1.807, 2.05) is 0 Å². The van der Waals surface area contributed by atoms with Crippen molar-refractivity contribution in [3.05, 3.63) is 34.4 Å². The predicted octanol–water partition coefficient (Wildman–Crippen LogP) is 2.91. The van der Waals surface area contributed by atoms with Gasteiger partial charge in [0.1, 0.15) is 0 Å². The molecule has 0 spiro atoms. The number of nitrogens with zero attached hydrogens (tertiary/aromatic N) is 1. The van der Waals surface area contributed by atoms with Gasteiger partial charge in [-0.2, -0.15) is 0 Å². The molecule has 124 valence electrons. The van der Waals surface area contributed by atoms with Crippen LogP contribution in [0.25, 0.3) is 0 Å². The number of rotatable bonds is 6. The number of benzene rings is 1. The molecule has 2 fully saturated rings. The number of aryl methyl sites for hydroxylation is 1. The zero-order valence-corrected chi connectivity index (χ0v) is 15.1. The third-order valence-electron chi connectivity index (χ3n) is 6.03. The minimum Gasteiger partial charge on any atom is -0.316 e. The first-order chi connectivity index (χ1) is 11.0. The molecule has 0 saturated carbocycles. The van der Waals surface area contributed by atoms with Gasteiger partial charge in [-0.3, -0.25) is 0 Å². The van der Waals surface area contributed by atoms with Crippen LogP contribution >= 0.6 is 0 Å². The van der Waals surface area contributed by atoms with E-state index in [1.54, 1.807) is 5.56 Å². The summed E-state index contributed by atoms with van der Waals surface area (Å²) in [5.74, 6) is 0.839. The zero-order chi connectivity index (χ0) is 16.4. The Balaban J connectivity index is 1.53. The molecular weight excluding hydrogens is 279 g/mol. The minimum absolute atomic E-state index is 0.501. The van der Waals surface area contributed by atoms with Crippen LogP contribution in [-0.2, 0) is 12.8 Å². The van der Waals surface area contributed by atoms with E-state index < -0.39 is 0 Å². The van der Waals surface area contributed by atoms with Crippen molar-refractivity contribution >= 4 is 7.85 Å². The molecule has 2 radical (unpaired) electrons. The highest BCUT2D eigenvalue weighted by Crippen LogP contribution is 2.31. The van der Waals surface area contributed by atoms with E-state index in [4.69, 9.17) is 7.85 Å². The highest BCUT2D eigenvalue weighted by atomic mass is 15.2. The molecule has 1 aromatic carbocycles. The van der Waals surface area contributed by atoms with Crippen LogP contribution in [0.2, 0.25) is 6.32 Å². The molecule has 3 rings (SSSR count). The van der Waals surface area contributed by atoms with Crippen LogP contribution in [-0.4, -0.2) is 45.5 Å². The fraction of sp³-hybridized carbons (Fsp3) is 0.700. The first-order valence-corrected chi connectivity index (χ1v) is 9.22. The molecule has 3 heteroatoms. The number of hydrogen-bond donors (Lipinski definition) is 1. The van der Waals surface area contributed by atoms with Crippen LogP contribution in [0.5, 0.6) is 0 Å². The Morgan fingerprint density at radius 3 is 2.57 bits per heavy atom. The maximum atomic E-state index is 5.71. The molecule has 2 aliphatic heterocycles. The number of likely N-dealkylation sites (tertiary alicyclic amines) is 1. The van der Waals surface area contributed by atoms with Crippen molar-refractivity contribution in [1.29, 1.82) is 0 Å². The Kier molecular flexibility index (Phi) is 5.18. The van der Waals surface area contributed by atoms with Crippen molar-refractivity contribution < 1.29 is 0 Å². The van der Waals surface area contributed by atoms with E-state index in [0.717, 1.165) is 18.7 Å². The molecule has 0 amide bonds. The van der Waals surface area contributed by atoms with Crippen molar-refractivity contribution in [2.24, 2.45) is 11.3 Å². The van der Waals surface area contributed by atoms with Gasteiger partial charge in [-0.15, -0.1) is 0 Å². The van der Waals surface area contributed by atoms with Crippen molar-refractivity contribution in [2.75, 3.05) is 32.7 Å². The third kappa shape index (κ3) is 3.83. The highest BCUT2D eigenvalue weighted by Gasteiger charge is 2.35. The van der Waals surface area contributed by atoms with Crippen LogP contribution in [0.4, 0.5) is 0 Å². The molecule has 1 unspecified atom stereocenters. The van der Waals surface area contributed by atoms with Crippen LogP contribution in [0.3, 0.4) is 0 Å². The van der Waals surface area contributed by atoms with Gasteiger partial charge in [-0.05, 0) is 73.2 Å². The average molecular weight is 310 g/mol. The van der Waals surface area contributed by atoms with E-state index >= 15 is 0 Å². The van der Waals surface area contributed by atoms with E-state index in [-0.39, 0.29) is 0 Å². The van der Waals surface area contributed by atoms with Crippen LogP contribution in [0, 0.1) is 25.2 Å². The lowest BCUT2D eigenvalue weighted by Gasteiger charge is -2.43. The van der Waals surface area contributed by atoms with Gasteiger partial charge in [0.2, 0.25) is 0 Å². The summed E-state index contributed by atoms with van der Waals surface area (Å²) in [6.07, 6.45) is 4.30. The summed E-state index contributed by atoms with van der Waals surface area (Å²) < 4.78 is 0. The highest BCUT2D eigenvalue weighted by molar-refractivity contribution is 6.08. The van der Waals surface area contributed by atoms with E-state index in [1.165, 1.54) is 62.3 Å². The summed E-state index contributed by atoms with van der Waals surface area (Å²) in [7, 11) is 5.71. The predicted molar refractivity (Wildman–Crippen MR) is 99.4 cm³/mol. The van der Waals surface area contributed by atoms with Gasteiger partial charge >= 0.3 is 0 Å². The van der Waals surface area contributed by atoms with E-state index in [9.17, 15) is 0 Å². The maximum absolute atomic E-state index is 5.71. The monoisotopic (exact) mass is 310 g/mol. The molecule has 0 aromatic heterocycles. The molecule has 0 bridgehead atoms. The maximum Gasteiger partial charge on any atom is 0.0657 e. The quantitative estimate of drug-likeness (QED) is 0.813. The summed E-state index contributed by atoms with van der Waals surface area (Å²) in [5.41, 5.74) is 6.41. The first kappa shape index (κ1) is 17.0. The standard InChI is InChI=1S/C20H31BN2/c1-15-16(2)19(5-4-18(15)6-8-21)10-17-11-23(12-17)14-20(3)7-9-22-13-20/h4-5,17,22H,6-14H2,1-3H3. The van der Waals surface area contributed by atoms with E-state index in [2.05, 4.69) is 43.1 Å². The summed E-state index contributed by atoms with van der Waals surface area (Å²) in [6, 6.07) is 4.64. The molecular formula is C20H31BN2. The normalized spacial score (nSPS) is 25.7. The van der Waals surface area contributed by atoms with Gasteiger partial charge in [0.15, 0.2) is 0 Å². The fourth-order valence-electron chi connectivity index (χ4n) is 4.37. The summed E-state index contributed by atoms with van der Waals surface area (Å²) >= 11 is 0. The van der Waals surface area contributed by atoms with Crippen LogP contribution < -0.4 is 5.32 Å². The lowest BCUT2D eigenvalue weighted by atomic mass is 9.83. The van der Waals surface area contributed by atoms with Crippen molar-refractivity contribution in [2.45, 2.75) is 46.4 Å². The van der Waals surface area contributed by atoms with Crippen molar-refractivity contribution in [1.82, 2.24) is 10.2 Å². The zero-order valence-electron chi connectivity index (χ0n) is 15.1. The molecule has 1 atom stereocenters. The minimum atomic E-state index is 0.501. The van der Waals surface area contributed by atoms with Crippen LogP contribution in [0.15, 0.2) is 12.1 Å². The third-order valence-corrected chi connectivity index (χ3v) is 6.03. The molecule has 2 saturated heterocycles. The number of hydrogen-bond acceptors (Lipinski definition) is 2. The van der Waals surface area contributed by atoms with Crippen molar-refractivity contribution in [3.8, 4) is 0 Å². The first-order valence-electron chi connectivity index (χ1n) is 9.22. The van der Waals surface area contributed by atoms with Gasteiger partial charge in [0, 0.05) is 26.2 Å². The second kappa shape index (κ2) is 6.98. The number of nitrogens with one attached hydrogen (secondary N) is 1. The lowest BCUT2D eigenvalue weighted by Crippen LogP contribution is -2.51. The van der Waals surface area contributed by atoms with Crippen LogP contribution in [0.1, 0.15) is 35.6 Å².